The number of ether oxygens (including phenoxy) is 2. The number of nitrogens with one attached hydrogen (secondary N) is 1. The van der Waals surface area contributed by atoms with E-state index < -0.39 is 0 Å². The Morgan fingerprint density at radius 3 is 3.09 bits per heavy atom. The number of rotatable bonds is 3. The molecule has 3 atom stereocenters. The summed E-state index contributed by atoms with van der Waals surface area (Å²) in [5.41, 5.74) is 1.99. The summed E-state index contributed by atoms with van der Waals surface area (Å²) < 4.78 is 13.1. The molecule has 120 valence electrons. The normalized spacial score (nSPS) is 25.9. The van der Waals surface area contributed by atoms with Crippen LogP contribution in [-0.4, -0.2) is 28.9 Å². The predicted molar refractivity (Wildman–Crippen MR) is 82.8 cm³/mol. The van der Waals surface area contributed by atoms with Crippen molar-refractivity contribution in [3.8, 4) is 5.75 Å². The summed E-state index contributed by atoms with van der Waals surface area (Å²) in [4.78, 5) is 12.7. The van der Waals surface area contributed by atoms with E-state index in [1.807, 2.05) is 37.5 Å². The number of aryl methyl sites for hydroxylation is 1. The van der Waals surface area contributed by atoms with Crippen LogP contribution in [0.5, 0.6) is 5.75 Å². The van der Waals surface area contributed by atoms with Crippen LogP contribution in [0, 0.1) is 5.92 Å². The standard InChI is InChI=1S/C17H19N3O3/c1-20-9-11(8-18-20)16-13(6-7-22-16)17(21)19-14-10-23-15-5-3-2-4-12(14)15/h2-5,8-9,13-14,16H,6-7,10H2,1H3,(H,19,21)/t13-,14+,16+/m0/s1. The maximum atomic E-state index is 12.7. The van der Waals surface area contributed by atoms with Crippen LogP contribution >= 0.6 is 0 Å². The van der Waals surface area contributed by atoms with Crippen LogP contribution in [0.2, 0.25) is 0 Å². The van der Waals surface area contributed by atoms with Crippen LogP contribution in [-0.2, 0) is 16.6 Å². The predicted octanol–water partition coefficient (Wildman–Crippen LogP) is 1.75. The van der Waals surface area contributed by atoms with Gasteiger partial charge in [-0.25, -0.2) is 0 Å². The van der Waals surface area contributed by atoms with Gasteiger partial charge in [-0.15, -0.1) is 0 Å². The topological polar surface area (TPSA) is 65.4 Å². The monoisotopic (exact) mass is 313 g/mol. The largest absolute Gasteiger partial charge is 0.491 e. The smallest absolute Gasteiger partial charge is 0.226 e. The second-order valence-electron chi connectivity index (χ2n) is 6.04. The molecule has 0 saturated carbocycles. The summed E-state index contributed by atoms with van der Waals surface area (Å²) >= 11 is 0. The Morgan fingerprint density at radius 2 is 2.26 bits per heavy atom. The molecule has 1 N–H and O–H groups in total. The van der Waals surface area contributed by atoms with E-state index >= 15 is 0 Å². The molecule has 1 saturated heterocycles. The van der Waals surface area contributed by atoms with E-state index in [1.54, 1.807) is 10.9 Å². The van der Waals surface area contributed by atoms with Crippen molar-refractivity contribution < 1.29 is 14.3 Å². The summed E-state index contributed by atoms with van der Waals surface area (Å²) in [6.45, 7) is 1.08. The highest BCUT2D eigenvalue weighted by Gasteiger charge is 2.37. The average molecular weight is 313 g/mol. The third kappa shape index (κ3) is 2.59. The molecule has 23 heavy (non-hydrogen) atoms. The third-order valence-corrected chi connectivity index (χ3v) is 4.50. The number of para-hydroxylation sites is 1. The highest BCUT2D eigenvalue weighted by molar-refractivity contribution is 5.80. The second kappa shape index (κ2) is 5.70. The van der Waals surface area contributed by atoms with Crippen molar-refractivity contribution in [2.75, 3.05) is 13.2 Å². The van der Waals surface area contributed by atoms with Crippen molar-refractivity contribution >= 4 is 5.91 Å². The summed E-state index contributed by atoms with van der Waals surface area (Å²) in [6.07, 6.45) is 4.18. The zero-order valence-electron chi connectivity index (χ0n) is 12.9. The molecule has 3 heterocycles. The van der Waals surface area contributed by atoms with Gasteiger partial charge in [0.25, 0.3) is 0 Å². The van der Waals surface area contributed by atoms with Gasteiger partial charge in [-0.2, -0.15) is 5.10 Å². The van der Waals surface area contributed by atoms with Crippen LogP contribution < -0.4 is 10.1 Å². The molecule has 1 aromatic carbocycles. The number of amides is 1. The summed E-state index contributed by atoms with van der Waals surface area (Å²) in [6, 6.07) is 7.74. The Morgan fingerprint density at radius 1 is 1.39 bits per heavy atom. The van der Waals surface area contributed by atoms with Crippen LogP contribution in [0.4, 0.5) is 0 Å². The minimum absolute atomic E-state index is 0.0154. The van der Waals surface area contributed by atoms with Crippen LogP contribution in [0.3, 0.4) is 0 Å². The van der Waals surface area contributed by atoms with E-state index in [1.165, 1.54) is 0 Å². The van der Waals surface area contributed by atoms with Gasteiger partial charge in [-0.1, -0.05) is 18.2 Å². The zero-order valence-corrected chi connectivity index (χ0v) is 12.9. The molecule has 2 aliphatic heterocycles. The van der Waals surface area contributed by atoms with Crippen molar-refractivity contribution in [3.05, 3.63) is 47.8 Å². The zero-order chi connectivity index (χ0) is 15.8. The highest BCUT2D eigenvalue weighted by Crippen LogP contribution is 2.36. The Kier molecular flexibility index (Phi) is 3.53. The molecular weight excluding hydrogens is 294 g/mol. The van der Waals surface area contributed by atoms with Crippen LogP contribution in [0.25, 0.3) is 0 Å². The number of benzene rings is 1. The quantitative estimate of drug-likeness (QED) is 0.937. The molecule has 2 aliphatic rings. The molecule has 0 bridgehead atoms. The van der Waals surface area contributed by atoms with Gasteiger partial charge < -0.3 is 14.8 Å². The lowest BCUT2D eigenvalue weighted by Crippen LogP contribution is -2.35. The van der Waals surface area contributed by atoms with Crippen LogP contribution in [0.1, 0.15) is 29.7 Å². The number of aromatic nitrogens is 2. The van der Waals surface area contributed by atoms with Gasteiger partial charge in [0.2, 0.25) is 5.91 Å². The van der Waals surface area contributed by atoms with Gasteiger partial charge in [0, 0.05) is 31.0 Å². The lowest BCUT2D eigenvalue weighted by Gasteiger charge is -2.19. The Balaban J connectivity index is 1.49. The first kappa shape index (κ1) is 14.3. The molecule has 0 unspecified atom stereocenters. The lowest BCUT2D eigenvalue weighted by molar-refractivity contribution is -0.127. The van der Waals surface area contributed by atoms with E-state index in [4.69, 9.17) is 9.47 Å². The van der Waals surface area contributed by atoms with E-state index in [-0.39, 0.29) is 24.0 Å². The lowest BCUT2D eigenvalue weighted by atomic mass is 9.95. The first-order valence-corrected chi connectivity index (χ1v) is 7.84. The molecule has 0 aliphatic carbocycles. The maximum Gasteiger partial charge on any atom is 0.226 e. The fourth-order valence-corrected chi connectivity index (χ4v) is 3.33. The first-order valence-electron chi connectivity index (χ1n) is 7.84. The van der Waals surface area contributed by atoms with Crippen molar-refractivity contribution in [2.45, 2.75) is 18.6 Å². The van der Waals surface area contributed by atoms with E-state index in [0.717, 1.165) is 23.3 Å². The summed E-state index contributed by atoms with van der Waals surface area (Å²) in [7, 11) is 1.86. The van der Waals surface area contributed by atoms with Gasteiger partial charge in [-0.05, 0) is 12.5 Å². The number of carbonyl (C=O) groups excluding carboxylic acids is 1. The Hall–Kier alpha value is -2.34. The summed E-state index contributed by atoms with van der Waals surface area (Å²) in [5.74, 6) is 0.679. The Bertz CT molecular complexity index is 727. The minimum atomic E-state index is -0.221. The molecule has 4 rings (SSSR count). The van der Waals surface area contributed by atoms with Gasteiger partial charge in [-0.3, -0.25) is 9.48 Å². The van der Waals surface area contributed by atoms with Crippen LogP contribution in [0.15, 0.2) is 36.7 Å². The molecule has 6 heteroatoms. The molecule has 6 nitrogen and oxygen atoms in total. The van der Waals surface area contributed by atoms with Crippen molar-refractivity contribution in [1.29, 1.82) is 0 Å². The molecule has 1 amide bonds. The van der Waals surface area contributed by atoms with Crippen molar-refractivity contribution in [2.24, 2.45) is 13.0 Å². The van der Waals surface area contributed by atoms with E-state index in [0.29, 0.717) is 13.2 Å². The Labute approximate surface area is 134 Å². The minimum Gasteiger partial charge on any atom is -0.491 e. The number of carbonyl (C=O) groups is 1. The fourth-order valence-electron chi connectivity index (χ4n) is 3.33. The fraction of sp³-hybridized carbons (Fsp3) is 0.412. The first-order chi connectivity index (χ1) is 11.2. The van der Waals surface area contributed by atoms with Gasteiger partial charge >= 0.3 is 0 Å². The molecule has 0 radical (unpaired) electrons. The van der Waals surface area contributed by atoms with E-state index in [2.05, 4.69) is 10.4 Å². The SMILES string of the molecule is Cn1cc([C@H]2OCC[C@@H]2C(=O)N[C@@H]2COc3ccccc32)cn1. The van der Waals surface area contributed by atoms with Gasteiger partial charge in [0.1, 0.15) is 12.4 Å². The number of fused-ring (bicyclic) bond motifs is 1. The van der Waals surface area contributed by atoms with Crippen molar-refractivity contribution in [3.63, 3.8) is 0 Å². The maximum absolute atomic E-state index is 12.7. The molecule has 2 aromatic rings. The van der Waals surface area contributed by atoms with E-state index in [9.17, 15) is 4.79 Å². The van der Waals surface area contributed by atoms with Gasteiger partial charge in [0.05, 0.1) is 24.3 Å². The molecule has 1 fully saturated rings. The summed E-state index contributed by atoms with van der Waals surface area (Å²) in [5, 5.41) is 7.29. The second-order valence-corrected chi connectivity index (χ2v) is 6.04. The third-order valence-electron chi connectivity index (χ3n) is 4.50. The highest BCUT2D eigenvalue weighted by atomic mass is 16.5. The average Bonchev–Trinajstić information content (AvgIpc) is 3.26. The number of nitrogens with zero attached hydrogens (tertiary/aromatic N) is 2. The molecule has 1 aromatic heterocycles. The van der Waals surface area contributed by atoms with Gasteiger partial charge in [0.15, 0.2) is 0 Å². The number of hydrogen-bond acceptors (Lipinski definition) is 4. The molecule has 0 spiro atoms. The van der Waals surface area contributed by atoms with Crippen molar-refractivity contribution in [1.82, 2.24) is 15.1 Å². The molecular formula is C17H19N3O3. The number of hydrogen-bond donors (Lipinski definition) is 1.